The zero-order valence-electron chi connectivity index (χ0n) is 12.1. The highest BCUT2D eigenvalue weighted by atomic mass is 32.1. The summed E-state index contributed by atoms with van der Waals surface area (Å²) in [6.07, 6.45) is 1.79. The summed E-state index contributed by atoms with van der Waals surface area (Å²) in [5.74, 6) is -0.131. The smallest absolute Gasteiger partial charge is 0.340 e. The van der Waals surface area contributed by atoms with Crippen LogP contribution in [0, 0.1) is 0 Å². The number of thiazole rings is 1. The molecule has 0 amide bonds. The molecular weight excluding hydrogens is 286 g/mol. The average molecular weight is 305 g/mol. The van der Waals surface area contributed by atoms with Gasteiger partial charge in [-0.1, -0.05) is 13.0 Å². The number of hydrogen-bond donors (Lipinski definition) is 2. The van der Waals surface area contributed by atoms with E-state index in [0.29, 0.717) is 30.1 Å². The van der Waals surface area contributed by atoms with Crippen molar-refractivity contribution in [3.05, 3.63) is 40.3 Å². The number of benzene rings is 1. The molecule has 0 aliphatic heterocycles. The molecule has 0 saturated heterocycles. The third kappa shape index (κ3) is 3.72. The molecule has 5 nitrogen and oxygen atoms in total. The number of esters is 1. The van der Waals surface area contributed by atoms with E-state index in [1.54, 1.807) is 42.7 Å². The maximum absolute atomic E-state index is 12.0. The molecule has 0 fully saturated rings. The second-order valence-electron chi connectivity index (χ2n) is 4.64. The molecule has 0 bridgehead atoms. The molecule has 0 aliphatic carbocycles. The van der Waals surface area contributed by atoms with Gasteiger partial charge >= 0.3 is 5.97 Å². The third-order valence-electron chi connectivity index (χ3n) is 3.05. The molecule has 1 atom stereocenters. The van der Waals surface area contributed by atoms with Crippen LogP contribution in [0.2, 0.25) is 0 Å². The Labute approximate surface area is 128 Å². The van der Waals surface area contributed by atoms with E-state index < -0.39 is 0 Å². The largest absolute Gasteiger partial charge is 0.462 e. The summed E-state index contributed by atoms with van der Waals surface area (Å²) in [7, 11) is 0. The van der Waals surface area contributed by atoms with Gasteiger partial charge in [-0.25, -0.2) is 9.78 Å². The van der Waals surface area contributed by atoms with Crippen molar-refractivity contribution in [2.75, 3.05) is 24.2 Å². The van der Waals surface area contributed by atoms with Crippen molar-refractivity contribution in [1.29, 1.82) is 0 Å². The lowest BCUT2D eigenvalue weighted by atomic mass is 10.1. The minimum Gasteiger partial charge on any atom is -0.462 e. The van der Waals surface area contributed by atoms with Crippen LogP contribution in [0.3, 0.4) is 0 Å². The van der Waals surface area contributed by atoms with Gasteiger partial charge in [0.2, 0.25) is 0 Å². The number of para-hydroxylation sites is 1. The van der Waals surface area contributed by atoms with Crippen molar-refractivity contribution in [2.45, 2.75) is 19.8 Å². The Morgan fingerprint density at radius 3 is 3.00 bits per heavy atom. The van der Waals surface area contributed by atoms with Gasteiger partial charge in [0.15, 0.2) is 0 Å². The summed E-state index contributed by atoms with van der Waals surface area (Å²) in [6, 6.07) is 5.22. The number of carbonyl (C=O) groups excluding carboxylic acids is 1. The van der Waals surface area contributed by atoms with Crippen LogP contribution in [-0.2, 0) is 4.74 Å². The Hall–Kier alpha value is -2.08. The van der Waals surface area contributed by atoms with Crippen LogP contribution in [0.1, 0.15) is 35.1 Å². The van der Waals surface area contributed by atoms with Gasteiger partial charge in [0, 0.05) is 24.0 Å². The first-order chi connectivity index (χ1) is 10.1. The number of aromatic nitrogens is 1. The number of hydrogen-bond acceptors (Lipinski definition) is 6. The molecule has 1 unspecified atom stereocenters. The fourth-order valence-electron chi connectivity index (χ4n) is 1.97. The zero-order valence-corrected chi connectivity index (χ0v) is 12.9. The maximum Gasteiger partial charge on any atom is 0.340 e. The fourth-order valence-corrected chi connectivity index (χ4v) is 2.67. The lowest BCUT2D eigenvalue weighted by Crippen LogP contribution is -2.15. The molecule has 2 aromatic rings. The van der Waals surface area contributed by atoms with E-state index in [1.807, 2.05) is 5.38 Å². The second kappa shape index (κ2) is 7.08. The second-order valence-corrected chi connectivity index (χ2v) is 5.57. The number of ether oxygens (including phenoxy) is 1. The van der Waals surface area contributed by atoms with Crippen molar-refractivity contribution < 1.29 is 9.53 Å². The standard InChI is InChI=1S/C15H19N3O2S/c1-3-20-15(19)11-5-4-6-12(16)13(11)18-9-10(2)14-17-7-8-21-14/h4-8,10,18H,3,9,16H2,1-2H3. The van der Waals surface area contributed by atoms with Gasteiger partial charge in [-0.05, 0) is 19.1 Å². The van der Waals surface area contributed by atoms with Crippen molar-refractivity contribution >= 4 is 28.7 Å². The zero-order chi connectivity index (χ0) is 15.2. The maximum atomic E-state index is 12.0. The number of nitrogens with zero attached hydrogens (tertiary/aromatic N) is 1. The minimum absolute atomic E-state index is 0.236. The first-order valence-electron chi connectivity index (χ1n) is 6.82. The van der Waals surface area contributed by atoms with Crippen LogP contribution in [-0.4, -0.2) is 24.1 Å². The Morgan fingerprint density at radius 2 is 2.33 bits per heavy atom. The van der Waals surface area contributed by atoms with Crippen LogP contribution < -0.4 is 11.1 Å². The predicted molar refractivity (Wildman–Crippen MR) is 85.8 cm³/mol. The first kappa shape index (κ1) is 15.3. The molecule has 2 rings (SSSR count). The molecule has 0 radical (unpaired) electrons. The van der Waals surface area contributed by atoms with Crippen LogP contribution in [0.15, 0.2) is 29.8 Å². The van der Waals surface area contributed by atoms with Crippen molar-refractivity contribution in [1.82, 2.24) is 4.98 Å². The van der Waals surface area contributed by atoms with Gasteiger partial charge in [-0.15, -0.1) is 11.3 Å². The highest BCUT2D eigenvalue weighted by Crippen LogP contribution is 2.26. The molecule has 1 aromatic carbocycles. The SMILES string of the molecule is CCOC(=O)c1cccc(N)c1NCC(C)c1nccs1. The van der Waals surface area contributed by atoms with Gasteiger partial charge in [0.1, 0.15) is 0 Å². The molecule has 1 heterocycles. The van der Waals surface area contributed by atoms with Gasteiger partial charge in [-0.3, -0.25) is 0 Å². The predicted octanol–water partition coefficient (Wildman–Crippen LogP) is 3.12. The highest BCUT2D eigenvalue weighted by Gasteiger charge is 2.16. The number of nitrogen functional groups attached to an aromatic ring is 1. The summed E-state index contributed by atoms with van der Waals surface area (Å²) >= 11 is 1.62. The Balaban J connectivity index is 2.13. The number of nitrogens with one attached hydrogen (secondary N) is 1. The van der Waals surface area contributed by atoms with E-state index in [0.717, 1.165) is 5.01 Å². The van der Waals surface area contributed by atoms with Crippen LogP contribution >= 0.6 is 11.3 Å². The van der Waals surface area contributed by atoms with E-state index >= 15 is 0 Å². The minimum atomic E-state index is -0.366. The number of rotatable bonds is 6. The molecule has 6 heteroatoms. The van der Waals surface area contributed by atoms with E-state index in [2.05, 4.69) is 17.2 Å². The molecule has 0 saturated carbocycles. The number of nitrogens with two attached hydrogens (primary N) is 1. The van der Waals surface area contributed by atoms with E-state index in [1.165, 1.54) is 0 Å². The molecule has 1 aromatic heterocycles. The molecule has 0 aliphatic rings. The van der Waals surface area contributed by atoms with Gasteiger partial charge in [0.25, 0.3) is 0 Å². The third-order valence-corrected chi connectivity index (χ3v) is 4.06. The van der Waals surface area contributed by atoms with E-state index in [9.17, 15) is 4.79 Å². The normalized spacial score (nSPS) is 11.9. The van der Waals surface area contributed by atoms with Gasteiger partial charge in [-0.2, -0.15) is 0 Å². The quantitative estimate of drug-likeness (QED) is 0.633. The summed E-state index contributed by atoms with van der Waals surface area (Å²) in [5, 5.41) is 6.25. The van der Waals surface area contributed by atoms with E-state index in [-0.39, 0.29) is 11.9 Å². The highest BCUT2D eigenvalue weighted by molar-refractivity contribution is 7.09. The molecule has 21 heavy (non-hydrogen) atoms. The fraction of sp³-hybridized carbons (Fsp3) is 0.333. The van der Waals surface area contributed by atoms with Crippen molar-refractivity contribution in [3.63, 3.8) is 0 Å². The Bertz CT molecular complexity index is 599. The average Bonchev–Trinajstić information content (AvgIpc) is 3.00. The summed E-state index contributed by atoms with van der Waals surface area (Å²) < 4.78 is 5.06. The lowest BCUT2D eigenvalue weighted by Gasteiger charge is -2.16. The number of carbonyl (C=O) groups is 1. The van der Waals surface area contributed by atoms with Crippen molar-refractivity contribution in [2.24, 2.45) is 0 Å². The topological polar surface area (TPSA) is 77.2 Å². The van der Waals surface area contributed by atoms with Crippen LogP contribution in [0.5, 0.6) is 0 Å². The lowest BCUT2D eigenvalue weighted by molar-refractivity contribution is 0.0527. The molecule has 3 N–H and O–H groups in total. The first-order valence-corrected chi connectivity index (χ1v) is 7.70. The molecular formula is C15H19N3O2S. The summed E-state index contributed by atoms with van der Waals surface area (Å²) in [6.45, 7) is 4.84. The monoisotopic (exact) mass is 305 g/mol. The Kier molecular flexibility index (Phi) is 5.16. The summed E-state index contributed by atoms with van der Waals surface area (Å²) in [5.41, 5.74) is 7.60. The Morgan fingerprint density at radius 1 is 1.52 bits per heavy atom. The van der Waals surface area contributed by atoms with Crippen LogP contribution in [0.4, 0.5) is 11.4 Å². The van der Waals surface area contributed by atoms with Gasteiger partial charge < -0.3 is 15.8 Å². The summed E-state index contributed by atoms with van der Waals surface area (Å²) in [4.78, 5) is 16.3. The number of anilines is 2. The molecule has 0 spiro atoms. The van der Waals surface area contributed by atoms with E-state index in [4.69, 9.17) is 10.5 Å². The van der Waals surface area contributed by atoms with Gasteiger partial charge in [0.05, 0.1) is 28.6 Å². The van der Waals surface area contributed by atoms with Crippen LogP contribution in [0.25, 0.3) is 0 Å². The molecule has 112 valence electrons. The van der Waals surface area contributed by atoms with Crippen molar-refractivity contribution in [3.8, 4) is 0 Å².